The van der Waals surface area contributed by atoms with E-state index >= 15 is 0 Å². The van der Waals surface area contributed by atoms with Gasteiger partial charge in [-0.05, 0) is 37.1 Å². The van der Waals surface area contributed by atoms with E-state index in [9.17, 15) is 4.79 Å². The van der Waals surface area contributed by atoms with Crippen LogP contribution in [0.5, 0.6) is 0 Å². The van der Waals surface area contributed by atoms with E-state index in [-0.39, 0.29) is 5.91 Å². The Balaban J connectivity index is 1.60. The number of halogens is 1. The summed E-state index contributed by atoms with van der Waals surface area (Å²) in [6.07, 6.45) is 5.68. The molecule has 1 amide bonds. The van der Waals surface area contributed by atoms with Crippen LogP contribution in [0.1, 0.15) is 40.8 Å². The zero-order chi connectivity index (χ0) is 17.4. The fraction of sp³-hybridized carbons (Fsp3) is 0.294. The summed E-state index contributed by atoms with van der Waals surface area (Å²) in [5.74, 6) is 0.919. The predicted molar refractivity (Wildman–Crippen MR) is 95.4 cm³/mol. The Morgan fingerprint density at radius 3 is 2.72 bits per heavy atom. The maximum absolute atomic E-state index is 12.6. The van der Waals surface area contributed by atoms with Crippen LogP contribution in [-0.4, -0.2) is 30.5 Å². The van der Waals surface area contributed by atoms with Gasteiger partial charge in [-0.1, -0.05) is 21.1 Å². The Hall–Kier alpha value is -2.48. The molecule has 0 bridgehead atoms. The predicted octanol–water partition coefficient (Wildman–Crippen LogP) is 2.57. The zero-order valence-electron chi connectivity index (χ0n) is 13.7. The Morgan fingerprint density at radius 1 is 1.32 bits per heavy atom. The van der Waals surface area contributed by atoms with E-state index in [1.54, 1.807) is 10.9 Å². The van der Waals surface area contributed by atoms with Gasteiger partial charge in [0.25, 0.3) is 5.91 Å². The summed E-state index contributed by atoms with van der Waals surface area (Å²) in [7, 11) is 1.90. The van der Waals surface area contributed by atoms with Gasteiger partial charge < -0.3 is 9.88 Å². The molecule has 7 nitrogen and oxygen atoms in total. The number of nitrogens with one attached hydrogen (secondary N) is 1. The summed E-state index contributed by atoms with van der Waals surface area (Å²) in [6.45, 7) is 0.359. The largest absolute Gasteiger partial charge is 0.343 e. The molecule has 0 radical (unpaired) electrons. The number of aryl methyl sites for hydroxylation is 1. The van der Waals surface area contributed by atoms with Gasteiger partial charge >= 0.3 is 0 Å². The molecule has 1 N–H and O–H groups in total. The molecule has 1 aliphatic rings. The summed E-state index contributed by atoms with van der Waals surface area (Å²) in [5.41, 5.74) is 2.19. The Bertz CT molecular complexity index is 910. The lowest BCUT2D eigenvalue weighted by Gasteiger charge is -2.08. The van der Waals surface area contributed by atoms with Crippen LogP contribution in [0.3, 0.4) is 0 Å². The molecule has 128 valence electrons. The van der Waals surface area contributed by atoms with Gasteiger partial charge in [0.05, 0.1) is 17.9 Å². The first kappa shape index (κ1) is 16.0. The van der Waals surface area contributed by atoms with Crippen molar-refractivity contribution in [3.63, 3.8) is 0 Å². The number of carbonyl (C=O) groups is 1. The third kappa shape index (κ3) is 3.21. The average molecular weight is 401 g/mol. The molecule has 1 fully saturated rings. The number of rotatable bonds is 5. The van der Waals surface area contributed by atoms with Gasteiger partial charge in [0.2, 0.25) is 0 Å². The molecule has 0 saturated heterocycles. The number of aromatic nitrogens is 5. The van der Waals surface area contributed by atoms with E-state index in [0.717, 1.165) is 34.5 Å². The van der Waals surface area contributed by atoms with E-state index in [1.165, 1.54) is 0 Å². The van der Waals surface area contributed by atoms with Crippen molar-refractivity contribution in [2.75, 3.05) is 0 Å². The first-order valence-electron chi connectivity index (χ1n) is 8.09. The number of imidazole rings is 1. The zero-order valence-corrected chi connectivity index (χ0v) is 15.3. The summed E-state index contributed by atoms with van der Waals surface area (Å²) < 4.78 is 4.65. The average Bonchev–Trinajstić information content (AvgIpc) is 3.22. The molecular weight excluding hydrogens is 384 g/mol. The normalized spacial score (nSPS) is 13.8. The highest BCUT2D eigenvalue weighted by molar-refractivity contribution is 9.10. The highest BCUT2D eigenvalue weighted by Crippen LogP contribution is 2.42. The Kier molecular flexibility index (Phi) is 4.12. The number of amides is 1. The van der Waals surface area contributed by atoms with Crippen LogP contribution in [-0.2, 0) is 13.6 Å². The van der Waals surface area contributed by atoms with Gasteiger partial charge in [-0.2, -0.15) is 0 Å². The Morgan fingerprint density at radius 2 is 2.08 bits per heavy atom. The molecule has 1 aromatic carbocycles. The molecule has 8 heteroatoms. The van der Waals surface area contributed by atoms with E-state index < -0.39 is 0 Å². The van der Waals surface area contributed by atoms with Gasteiger partial charge in [0.15, 0.2) is 5.69 Å². The van der Waals surface area contributed by atoms with Crippen LogP contribution in [0.15, 0.2) is 41.1 Å². The van der Waals surface area contributed by atoms with Crippen molar-refractivity contribution in [3.8, 4) is 5.69 Å². The van der Waals surface area contributed by atoms with E-state index in [4.69, 9.17) is 0 Å². The SMILES string of the molecule is Cn1ccnc1CNC(=O)c1nnn(-c2ccc(Br)cc2)c1C1CC1. The number of nitrogens with zero attached hydrogens (tertiary/aromatic N) is 5. The lowest BCUT2D eigenvalue weighted by atomic mass is 10.2. The van der Waals surface area contributed by atoms with Crippen LogP contribution in [0, 0.1) is 0 Å². The molecule has 0 atom stereocenters. The van der Waals surface area contributed by atoms with Gasteiger partial charge in [-0.15, -0.1) is 5.10 Å². The van der Waals surface area contributed by atoms with Crippen LogP contribution in [0.4, 0.5) is 0 Å². The molecule has 1 aliphatic carbocycles. The van der Waals surface area contributed by atoms with E-state index in [2.05, 4.69) is 36.5 Å². The first-order chi connectivity index (χ1) is 12.1. The first-order valence-corrected chi connectivity index (χ1v) is 8.88. The van der Waals surface area contributed by atoms with Crippen molar-refractivity contribution in [2.24, 2.45) is 7.05 Å². The molecule has 0 spiro atoms. The summed E-state index contributed by atoms with van der Waals surface area (Å²) in [4.78, 5) is 16.8. The van der Waals surface area contributed by atoms with Crippen molar-refractivity contribution in [2.45, 2.75) is 25.3 Å². The van der Waals surface area contributed by atoms with Crippen LogP contribution >= 0.6 is 15.9 Å². The maximum atomic E-state index is 12.6. The minimum absolute atomic E-state index is 0.215. The number of carbonyl (C=O) groups excluding carboxylic acids is 1. The molecule has 0 unspecified atom stereocenters. The van der Waals surface area contributed by atoms with Crippen molar-refractivity contribution in [3.05, 3.63) is 58.3 Å². The fourth-order valence-electron chi connectivity index (χ4n) is 2.76. The highest BCUT2D eigenvalue weighted by Gasteiger charge is 2.34. The quantitative estimate of drug-likeness (QED) is 0.713. The molecule has 2 aromatic heterocycles. The second-order valence-corrected chi connectivity index (χ2v) is 7.04. The Labute approximate surface area is 153 Å². The molecule has 4 rings (SSSR count). The minimum atomic E-state index is -0.215. The van der Waals surface area contributed by atoms with Gasteiger partial charge in [-0.3, -0.25) is 4.79 Å². The van der Waals surface area contributed by atoms with E-state index in [0.29, 0.717) is 18.2 Å². The van der Waals surface area contributed by atoms with Crippen molar-refractivity contribution in [1.82, 2.24) is 29.9 Å². The maximum Gasteiger partial charge on any atom is 0.274 e. The minimum Gasteiger partial charge on any atom is -0.343 e. The number of hydrogen-bond donors (Lipinski definition) is 1. The van der Waals surface area contributed by atoms with Crippen molar-refractivity contribution >= 4 is 21.8 Å². The number of benzene rings is 1. The van der Waals surface area contributed by atoms with Gasteiger partial charge in [0, 0.05) is 29.8 Å². The van der Waals surface area contributed by atoms with E-state index in [1.807, 2.05) is 42.1 Å². The fourth-order valence-corrected chi connectivity index (χ4v) is 3.02. The molecule has 1 saturated carbocycles. The lowest BCUT2D eigenvalue weighted by molar-refractivity contribution is 0.0943. The van der Waals surface area contributed by atoms with Crippen molar-refractivity contribution in [1.29, 1.82) is 0 Å². The molecule has 2 heterocycles. The standard InChI is InChI=1S/C17H17BrN6O/c1-23-9-8-19-14(23)10-20-17(25)15-16(11-2-3-11)24(22-21-15)13-6-4-12(18)5-7-13/h4-9,11H,2-3,10H2,1H3,(H,20,25). The van der Waals surface area contributed by atoms with Crippen LogP contribution in [0.25, 0.3) is 5.69 Å². The second-order valence-electron chi connectivity index (χ2n) is 6.12. The summed E-state index contributed by atoms with van der Waals surface area (Å²) >= 11 is 3.43. The van der Waals surface area contributed by atoms with Crippen molar-refractivity contribution < 1.29 is 4.79 Å². The number of hydrogen-bond acceptors (Lipinski definition) is 4. The second kappa shape index (κ2) is 6.44. The topological polar surface area (TPSA) is 77.6 Å². The third-order valence-corrected chi connectivity index (χ3v) is 4.81. The monoisotopic (exact) mass is 400 g/mol. The van der Waals surface area contributed by atoms with Gasteiger partial charge in [-0.25, -0.2) is 9.67 Å². The summed E-state index contributed by atoms with van der Waals surface area (Å²) in [6, 6.07) is 7.82. The van der Waals surface area contributed by atoms with Crippen LogP contribution in [0.2, 0.25) is 0 Å². The molecular formula is C17H17BrN6O. The molecule has 25 heavy (non-hydrogen) atoms. The lowest BCUT2D eigenvalue weighted by Crippen LogP contribution is -2.26. The summed E-state index contributed by atoms with van der Waals surface area (Å²) in [5, 5.41) is 11.3. The molecule has 3 aromatic rings. The smallest absolute Gasteiger partial charge is 0.274 e. The van der Waals surface area contributed by atoms with Crippen LogP contribution < -0.4 is 5.32 Å². The van der Waals surface area contributed by atoms with Gasteiger partial charge in [0.1, 0.15) is 5.82 Å². The highest BCUT2D eigenvalue weighted by atomic mass is 79.9. The third-order valence-electron chi connectivity index (χ3n) is 4.28. The molecule has 0 aliphatic heterocycles.